The second-order valence-corrected chi connectivity index (χ2v) is 8.41. The zero-order chi connectivity index (χ0) is 26.2. The number of carboxylic acids is 1. The number of nitrogens with zero attached hydrogens (tertiary/aromatic N) is 1. The van der Waals surface area contributed by atoms with Gasteiger partial charge in [-0.3, -0.25) is 0 Å². The fourth-order valence-corrected chi connectivity index (χ4v) is 4.21. The molecule has 0 fully saturated rings. The molecule has 0 atom stereocenters. The number of hydrogen-bond donors (Lipinski definition) is 1. The summed E-state index contributed by atoms with van der Waals surface area (Å²) in [6, 6.07) is 26.6. The molecule has 184 valence electrons. The maximum absolute atomic E-state index is 11.2. The number of rotatable bonds is 10. The van der Waals surface area contributed by atoms with Crippen LogP contribution in [0.15, 0.2) is 91.5 Å². The largest absolute Gasteiger partial charge is 0.490 e. The van der Waals surface area contributed by atoms with Crippen LogP contribution in [0.25, 0.3) is 22.4 Å². The van der Waals surface area contributed by atoms with E-state index in [1.54, 1.807) is 24.3 Å². The Kier molecular flexibility index (Phi) is 8.02. The summed E-state index contributed by atoms with van der Waals surface area (Å²) in [6.45, 7) is 6.63. The van der Waals surface area contributed by atoms with Crippen molar-refractivity contribution in [3.63, 3.8) is 0 Å². The topological polar surface area (TPSA) is 79.6 Å². The second-order valence-electron chi connectivity index (χ2n) is 8.41. The Morgan fingerprint density at radius 1 is 0.973 bits per heavy atom. The van der Waals surface area contributed by atoms with Crippen molar-refractivity contribution in [2.24, 2.45) is 0 Å². The summed E-state index contributed by atoms with van der Waals surface area (Å²) in [6.07, 6.45) is 4.13. The lowest BCUT2D eigenvalue weighted by Gasteiger charge is -2.17. The van der Waals surface area contributed by atoms with Crippen LogP contribution in [0.1, 0.15) is 39.5 Å². The fraction of sp³-hybridized carbons (Fsp3) is 0.125. The number of ether oxygens (including phenoxy) is 2. The highest BCUT2D eigenvalue weighted by molar-refractivity contribution is 5.92. The van der Waals surface area contributed by atoms with E-state index in [9.17, 15) is 10.1 Å². The molecule has 0 heterocycles. The zero-order valence-corrected chi connectivity index (χ0v) is 20.6. The Bertz CT molecular complexity index is 1510. The van der Waals surface area contributed by atoms with Crippen LogP contribution in [-0.4, -0.2) is 17.7 Å². The highest BCUT2D eigenvalue weighted by Crippen LogP contribution is 2.36. The van der Waals surface area contributed by atoms with Crippen LogP contribution in [-0.2, 0) is 13.0 Å². The van der Waals surface area contributed by atoms with Crippen molar-refractivity contribution in [1.29, 1.82) is 5.26 Å². The van der Waals surface area contributed by atoms with E-state index in [2.05, 4.69) is 36.9 Å². The number of carboxylic acid groups (broad SMARTS) is 1. The third-order valence-corrected chi connectivity index (χ3v) is 5.94. The van der Waals surface area contributed by atoms with Crippen LogP contribution in [0.2, 0.25) is 0 Å². The van der Waals surface area contributed by atoms with E-state index in [1.165, 1.54) is 12.1 Å². The second kappa shape index (κ2) is 11.7. The van der Waals surface area contributed by atoms with Gasteiger partial charge in [-0.25, -0.2) is 4.79 Å². The summed E-state index contributed by atoms with van der Waals surface area (Å²) in [5.74, 6) is 0.228. The first-order chi connectivity index (χ1) is 18.0. The lowest BCUT2D eigenvalue weighted by molar-refractivity contribution is 0.0697. The van der Waals surface area contributed by atoms with Gasteiger partial charge in [-0.2, -0.15) is 5.26 Å². The maximum atomic E-state index is 11.2. The molecule has 0 amide bonds. The van der Waals surface area contributed by atoms with Crippen LogP contribution < -0.4 is 9.47 Å². The number of nitriles is 1. The van der Waals surface area contributed by atoms with E-state index in [1.807, 2.05) is 37.3 Å². The van der Waals surface area contributed by atoms with E-state index in [4.69, 9.17) is 14.6 Å². The first-order valence-electron chi connectivity index (χ1n) is 12.0. The molecule has 0 saturated carbocycles. The average molecular weight is 490 g/mol. The quantitative estimate of drug-likeness (QED) is 0.144. The molecule has 0 saturated heterocycles. The van der Waals surface area contributed by atoms with Crippen molar-refractivity contribution in [2.45, 2.75) is 20.0 Å². The molecule has 5 heteroatoms. The van der Waals surface area contributed by atoms with E-state index >= 15 is 0 Å². The molecule has 37 heavy (non-hydrogen) atoms. The summed E-state index contributed by atoms with van der Waals surface area (Å²) in [5.41, 5.74) is 3.95. The highest BCUT2D eigenvalue weighted by Gasteiger charge is 2.15. The van der Waals surface area contributed by atoms with Crippen molar-refractivity contribution < 1.29 is 19.4 Å². The molecule has 0 radical (unpaired) electrons. The van der Waals surface area contributed by atoms with Crippen molar-refractivity contribution in [3.05, 3.63) is 119 Å². The van der Waals surface area contributed by atoms with E-state index in [-0.39, 0.29) is 5.56 Å². The number of carbonyl (C=O) groups is 1. The smallest absolute Gasteiger partial charge is 0.335 e. The molecule has 0 unspecified atom stereocenters. The molecular formula is C32H27NO4. The molecule has 0 aromatic heterocycles. The van der Waals surface area contributed by atoms with Gasteiger partial charge in [0.1, 0.15) is 6.61 Å². The normalized spacial score (nSPS) is 11.1. The Hall–Kier alpha value is -4.82. The van der Waals surface area contributed by atoms with Gasteiger partial charge in [-0.1, -0.05) is 60.7 Å². The van der Waals surface area contributed by atoms with E-state index in [0.717, 1.165) is 27.5 Å². The third kappa shape index (κ3) is 5.88. The summed E-state index contributed by atoms with van der Waals surface area (Å²) in [5, 5.41) is 21.3. The van der Waals surface area contributed by atoms with Gasteiger partial charge >= 0.3 is 5.97 Å². The molecule has 0 aliphatic rings. The third-order valence-electron chi connectivity index (χ3n) is 5.94. The van der Waals surface area contributed by atoms with Gasteiger partial charge in [0.25, 0.3) is 0 Å². The summed E-state index contributed by atoms with van der Waals surface area (Å²) >= 11 is 0. The molecule has 0 aliphatic carbocycles. The molecule has 1 N–H and O–H groups in total. The Morgan fingerprint density at radius 3 is 2.41 bits per heavy atom. The van der Waals surface area contributed by atoms with Crippen LogP contribution in [0, 0.1) is 11.3 Å². The number of allylic oxidation sites excluding steroid dienone is 2. The average Bonchev–Trinajstić information content (AvgIpc) is 2.91. The Morgan fingerprint density at radius 2 is 1.70 bits per heavy atom. The molecule has 5 nitrogen and oxygen atoms in total. The minimum absolute atomic E-state index is 0.167. The standard InChI is InChI=1S/C32H27NO4/c1-3-8-26-17-22(18-28(20-33)23-13-15-25(16-14-23)32(34)35)19-30(36-4-2)31(26)37-21-27-11-7-10-24-9-5-6-12-29(24)27/h3,5-7,9-19H,1,4,8,21H2,2H3,(H,34,35)/b28-18-. The van der Waals surface area contributed by atoms with Crippen molar-refractivity contribution in [3.8, 4) is 17.6 Å². The lowest BCUT2D eigenvalue weighted by Crippen LogP contribution is -2.04. The summed E-state index contributed by atoms with van der Waals surface area (Å²) in [7, 11) is 0. The van der Waals surface area contributed by atoms with Gasteiger partial charge in [0, 0.05) is 5.56 Å². The monoisotopic (exact) mass is 489 g/mol. The van der Waals surface area contributed by atoms with Gasteiger partial charge in [-0.05, 0) is 71.1 Å². The van der Waals surface area contributed by atoms with Gasteiger partial charge in [-0.15, -0.1) is 6.58 Å². The van der Waals surface area contributed by atoms with Crippen LogP contribution in [0.5, 0.6) is 11.5 Å². The Labute approximate surface area is 216 Å². The van der Waals surface area contributed by atoms with Crippen LogP contribution in [0.3, 0.4) is 0 Å². The van der Waals surface area contributed by atoms with Crippen molar-refractivity contribution in [2.75, 3.05) is 6.61 Å². The van der Waals surface area contributed by atoms with E-state index < -0.39 is 5.97 Å². The Balaban J connectivity index is 1.71. The van der Waals surface area contributed by atoms with Gasteiger partial charge in [0.2, 0.25) is 0 Å². The van der Waals surface area contributed by atoms with Crippen molar-refractivity contribution >= 4 is 28.4 Å². The van der Waals surface area contributed by atoms with Gasteiger partial charge in [0.15, 0.2) is 11.5 Å². The lowest BCUT2D eigenvalue weighted by atomic mass is 10.00. The molecule has 0 aliphatic heterocycles. The van der Waals surface area contributed by atoms with Crippen LogP contribution in [0.4, 0.5) is 0 Å². The SMILES string of the molecule is C=CCc1cc(/C=C(/C#N)c2ccc(C(=O)O)cc2)cc(OCC)c1OCc1cccc2ccccc12. The van der Waals surface area contributed by atoms with Crippen molar-refractivity contribution in [1.82, 2.24) is 0 Å². The summed E-state index contributed by atoms with van der Waals surface area (Å²) < 4.78 is 12.3. The number of fused-ring (bicyclic) bond motifs is 1. The zero-order valence-electron chi connectivity index (χ0n) is 20.6. The first-order valence-corrected chi connectivity index (χ1v) is 12.0. The molecule has 4 aromatic rings. The summed E-state index contributed by atoms with van der Waals surface area (Å²) in [4.78, 5) is 11.2. The molecular weight excluding hydrogens is 462 g/mol. The molecule has 0 spiro atoms. The predicted molar refractivity (Wildman–Crippen MR) is 147 cm³/mol. The van der Waals surface area contributed by atoms with E-state index in [0.29, 0.717) is 42.3 Å². The number of benzene rings is 4. The predicted octanol–water partition coefficient (Wildman–Crippen LogP) is 7.31. The minimum Gasteiger partial charge on any atom is -0.490 e. The number of hydrogen-bond acceptors (Lipinski definition) is 4. The minimum atomic E-state index is -1.01. The fourth-order valence-electron chi connectivity index (χ4n) is 4.21. The molecule has 0 bridgehead atoms. The maximum Gasteiger partial charge on any atom is 0.335 e. The molecule has 4 aromatic carbocycles. The number of aromatic carboxylic acids is 1. The van der Waals surface area contributed by atoms with Gasteiger partial charge < -0.3 is 14.6 Å². The van der Waals surface area contributed by atoms with Gasteiger partial charge in [0.05, 0.1) is 23.8 Å². The highest BCUT2D eigenvalue weighted by atomic mass is 16.5. The molecule has 4 rings (SSSR count). The first kappa shape index (κ1) is 25.3. The van der Waals surface area contributed by atoms with Crippen LogP contribution >= 0.6 is 0 Å².